The number of hydrogen-bond acceptors (Lipinski definition) is 3. The second kappa shape index (κ2) is 2.82. The van der Waals surface area contributed by atoms with Gasteiger partial charge in [0.2, 0.25) is 0 Å². The minimum atomic E-state index is 0.329. The van der Waals surface area contributed by atoms with E-state index in [1.807, 2.05) is 0 Å². The molecule has 3 nitrogen and oxygen atoms in total. The number of hydrogen-bond donors (Lipinski definition) is 1. The highest BCUT2D eigenvalue weighted by Crippen LogP contribution is 2.09. The van der Waals surface area contributed by atoms with Crippen LogP contribution in [0.15, 0.2) is 4.99 Å². The van der Waals surface area contributed by atoms with Crippen molar-refractivity contribution >= 4 is 5.84 Å². The van der Waals surface area contributed by atoms with Crippen molar-refractivity contribution < 1.29 is 4.74 Å². The Hall–Kier alpha value is -0.570. The molecular weight excluding hydrogens is 116 g/mol. The second-order valence-electron chi connectivity index (χ2n) is 2.27. The molecule has 0 fully saturated rings. The van der Waals surface area contributed by atoms with Crippen LogP contribution in [0.25, 0.3) is 0 Å². The highest BCUT2D eigenvalue weighted by atomic mass is 16.5. The Morgan fingerprint density at radius 3 is 3.11 bits per heavy atom. The normalized spacial score (nSPS) is 26.3. The summed E-state index contributed by atoms with van der Waals surface area (Å²) in [5.41, 5.74) is 5.45. The molecule has 3 heteroatoms. The Kier molecular flexibility index (Phi) is 2.05. The largest absolute Gasteiger partial charge is 0.387 e. The Morgan fingerprint density at radius 2 is 2.67 bits per heavy atom. The van der Waals surface area contributed by atoms with Crippen LogP contribution in [-0.4, -0.2) is 25.6 Å². The Balaban J connectivity index is 2.29. The summed E-state index contributed by atoms with van der Waals surface area (Å²) >= 11 is 0. The van der Waals surface area contributed by atoms with Gasteiger partial charge >= 0.3 is 0 Å². The maximum absolute atomic E-state index is 5.45. The first-order valence-electron chi connectivity index (χ1n) is 3.14. The maximum atomic E-state index is 5.45. The molecule has 0 unspecified atom stereocenters. The average molecular weight is 128 g/mol. The van der Waals surface area contributed by atoms with E-state index < -0.39 is 0 Å². The lowest BCUT2D eigenvalue weighted by Crippen LogP contribution is -2.08. The van der Waals surface area contributed by atoms with Crippen molar-refractivity contribution in [3.05, 3.63) is 0 Å². The van der Waals surface area contributed by atoms with E-state index in [2.05, 4.69) is 4.99 Å². The predicted octanol–water partition coefficient (Wildman–Crippen LogP) is 0.152. The molecule has 0 saturated heterocycles. The zero-order chi connectivity index (χ0) is 6.69. The summed E-state index contributed by atoms with van der Waals surface area (Å²) in [4.78, 5) is 4.15. The summed E-state index contributed by atoms with van der Waals surface area (Å²) in [6.07, 6.45) is 1.99. The van der Waals surface area contributed by atoms with Gasteiger partial charge in [-0.2, -0.15) is 0 Å². The molecule has 9 heavy (non-hydrogen) atoms. The third-order valence-electron chi connectivity index (χ3n) is 1.44. The molecule has 0 radical (unpaired) electrons. The van der Waals surface area contributed by atoms with Gasteiger partial charge in [-0.05, 0) is 6.42 Å². The van der Waals surface area contributed by atoms with Crippen molar-refractivity contribution in [3.63, 3.8) is 0 Å². The van der Waals surface area contributed by atoms with Crippen molar-refractivity contribution in [1.82, 2.24) is 0 Å². The minimum Gasteiger partial charge on any atom is -0.387 e. The number of aliphatic imine (C=N–C) groups is 1. The fraction of sp³-hybridized carbons (Fsp3) is 0.833. The van der Waals surface area contributed by atoms with E-state index in [-0.39, 0.29) is 0 Å². The van der Waals surface area contributed by atoms with E-state index in [0.29, 0.717) is 12.6 Å². The molecule has 0 saturated carbocycles. The Labute approximate surface area is 54.9 Å². The predicted molar refractivity (Wildman–Crippen MR) is 36.5 cm³/mol. The second-order valence-corrected chi connectivity index (χ2v) is 2.27. The first-order valence-corrected chi connectivity index (χ1v) is 3.14. The van der Waals surface area contributed by atoms with Crippen LogP contribution in [0.3, 0.4) is 0 Å². The molecular formula is C6H12N2O. The van der Waals surface area contributed by atoms with Gasteiger partial charge in [-0.3, -0.25) is 4.99 Å². The molecule has 1 heterocycles. The molecule has 0 amide bonds. The average Bonchev–Trinajstić information content (AvgIpc) is 2.17. The molecule has 0 bridgehead atoms. The van der Waals surface area contributed by atoms with Crippen LogP contribution in [0, 0.1) is 0 Å². The Morgan fingerprint density at radius 1 is 1.89 bits per heavy atom. The first-order chi connectivity index (χ1) is 4.33. The van der Waals surface area contributed by atoms with Gasteiger partial charge in [-0.1, -0.05) is 0 Å². The van der Waals surface area contributed by atoms with Crippen LogP contribution in [0.4, 0.5) is 0 Å². The molecule has 0 aliphatic carbocycles. The first kappa shape index (κ1) is 6.55. The van der Waals surface area contributed by atoms with Gasteiger partial charge in [0.1, 0.15) is 0 Å². The van der Waals surface area contributed by atoms with E-state index in [4.69, 9.17) is 10.5 Å². The number of amidine groups is 1. The summed E-state index contributed by atoms with van der Waals surface area (Å²) in [6, 6.07) is 0.329. The molecule has 52 valence electrons. The SMILES string of the molecule is COC[C@@H]1CCC(N)=N1. The zero-order valence-electron chi connectivity index (χ0n) is 5.63. The highest BCUT2D eigenvalue weighted by Gasteiger charge is 2.13. The molecule has 0 spiro atoms. The zero-order valence-corrected chi connectivity index (χ0v) is 5.63. The van der Waals surface area contributed by atoms with Crippen molar-refractivity contribution in [2.75, 3.05) is 13.7 Å². The lowest BCUT2D eigenvalue weighted by atomic mass is 10.2. The van der Waals surface area contributed by atoms with Gasteiger partial charge in [0, 0.05) is 13.5 Å². The lowest BCUT2D eigenvalue weighted by molar-refractivity contribution is 0.181. The van der Waals surface area contributed by atoms with Crippen molar-refractivity contribution in [1.29, 1.82) is 0 Å². The number of nitrogens with two attached hydrogens (primary N) is 1. The summed E-state index contributed by atoms with van der Waals surface area (Å²) in [6.45, 7) is 0.709. The number of rotatable bonds is 2. The van der Waals surface area contributed by atoms with Gasteiger partial charge in [-0.25, -0.2) is 0 Å². The highest BCUT2D eigenvalue weighted by molar-refractivity contribution is 5.82. The van der Waals surface area contributed by atoms with Crippen LogP contribution in [-0.2, 0) is 4.74 Å². The van der Waals surface area contributed by atoms with Gasteiger partial charge in [-0.15, -0.1) is 0 Å². The van der Waals surface area contributed by atoms with Crippen molar-refractivity contribution in [3.8, 4) is 0 Å². The molecule has 2 N–H and O–H groups in total. The summed E-state index contributed by atoms with van der Waals surface area (Å²) in [5, 5.41) is 0. The van der Waals surface area contributed by atoms with Gasteiger partial charge < -0.3 is 10.5 Å². The lowest BCUT2D eigenvalue weighted by Gasteiger charge is -2.01. The monoisotopic (exact) mass is 128 g/mol. The van der Waals surface area contributed by atoms with Gasteiger partial charge in [0.15, 0.2) is 0 Å². The van der Waals surface area contributed by atoms with Gasteiger partial charge in [0.25, 0.3) is 0 Å². The van der Waals surface area contributed by atoms with Crippen LogP contribution in [0.1, 0.15) is 12.8 Å². The van der Waals surface area contributed by atoms with Gasteiger partial charge in [0.05, 0.1) is 18.5 Å². The quantitative estimate of drug-likeness (QED) is 0.575. The molecule has 0 aromatic carbocycles. The fourth-order valence-electron chi connectivity index (χ4n) is 0.991. The Bertz CT molecular complexity index is 122. The molecule has 0 aromatic heterocycles. The molecule has 0 aromatic rings. The summed E-state index contributed by atoms with van der Waals surface area (Å²) < 4.78 is 4.91. The topological polar surface area (TPSA) is 47.6 Å². The van der Waals surface area contributed by atoms with Crippen LogP contribution < -0.4 is 5.73 Å². The van der Waals surface area contributed by atoms with Crippen molar-refractivity contribution in [2.24, 2.45) is 10.7 Å². The van der Waals surface area contributed by atoms with E-state index in [9.17, 15) is 0 Å². The maximum Gasteiger partial charge on any atom is 0.0942 e. The third kappa shape index (κ3) is 1.68. The summed E-state index contributed by atoms with van der Waals surface area (Å²) in [7, 11) is 1.68. The van der Waals surface area contributed by atoms with E-state index in [1.165, 1.54) is 0 Å². The standard InChI is InChI=1S/C6H12N2O/c1-9-4-5-2-3-6(7)8-5/h5H,2-4H2,1H3,(H2,7,8)/t5-/m0/s1. The molecule has 1 aliphatic heterocycles. The molecule has 1 rings (SSSR count). The smallest absolute Gasteiger partial charge is 0.0942 e. The van der Waals surface area contributed by atoms with Crippen LogP contribution >= 0.6 is 0 Å². The summed E-state index contributed by atoms with van der Waals surface area (Å²) in [5.74, 6) is 0.775. The number of methoxy groups -OCH3 is 1. The van der Waals surface area contributed by atoms with E-state index in [1.54, 1.807) is 7.11 Å². The molecule has 1 atom stereocenters. The number of ether oxygens (including phenoxy) is 1. The van der Waals surface area contributed by atoms with Crippen molar-refractivity contribution in [2.45, 2.75) is 18.9 Å². The van der Waals surface area contributed by atoms with E-state index >= 15 is 0 Å². The fourth-order valence-corrected chi connectivity index (χ4v) is 0.991. The van der Waals surface area contributed by atoms with E-state index in [0.717, 1.165) is 18.7 Å². The van der Waals surface area contributed by atoms with Crippen LogP contribution in [0.2, 0.25) is 0 Å². The minimum absolute atomic E-state index is 0.329. The number of nitrogens with zero attached hydrogens (tertiary/aromatic N) is 1. The van der Waals surface area contributed by atoms with Crippen LogP contribution in [0.5, 0.6) is 0 Å². The molecule has 1 aliphatic rings. The third-order valence-corrected chi connectivity index (χ3v) is 1.44.